The van der Waals surface area contributed by atoms with Crippen LogP contribution >= 0.6 is 0 Å². The summed E-state index contributed by atoms with van der Waals surface area (Å²) in [5.41, 5.74) is 0.165. The molecule has 0 amide bonds. The average Bonchev–Trinajstić information content (AvgIpc) is 2.28. The van der Waals surface area contributed by atoms with Crippen molar-refractivity contribution in [3.8, 4) is 0 Å². The number of alkyl halides is 1. The maximum absolute atomic E-state index is 13.2. The number of rotatable bonds is 4. The summed E-state index contributed by atoms with van der Waals surface area (Å²) in [6.07, 6.45) is -2.23. The summed E-state index contributed by atoms with van der Waals surface area (Å²) in [6, 6.07) is 7.81. The van der Waals surface area contributed by atoms with Gasteiger partial charge in [0.05, 0.1) is 6.61 Å². The first-order valence-electron chi connectivity index (χ1n) is 4.56. The number of esters is 1. The zero-order chi connectivity index (χ0) is 11.3. The molecule has 0 aromatic heterocycles. The lowest BCUT2D eigenvalue weighted by Gasteiger charge is -2.06. The van der Waals surface area contributed by atoms with Crippen molar-refractivity contribution in [1.29, 1.82) is 0 Å². The third-order valence-electron chi connectivity index (χ3n) is 1.78. The Labute approximate surface area is 86.9 Å². The van der Waals surface area contributed by atoms with Crippen LogP contribution in [0.2, 0.25) is 0 Å². The molecule has 0 saturated carbocycles. The molecule has 0 bridgehead atoms. The van der Waals surface area contributed by atoms with Gasteiger partial charge in [0.15, 0.2) is 0 Å². The van der Waals surface area contributed by atoms with E-state index in [1.165, 1.54) is 12.1 Å². The highest BCUT2D eigenvalue weighted by Crippen LogP contribution is 2.07. The molecule has 0 heterocycles. The summed E-state index contributed by atoms with van der Waals surface area (Å²) in [4.78, 5) is 22.3. The fourth-order valence-electron chi connectivity index (χ4n) is 1.07. The Balaban J connectivity index is 2.73. The third kappa shape index (κ3) is 2.87. The first kappa shape index (κ1) is 11.4. The fourth-order valence-corrected chi connectivity index (χ4v) is 1.07. The molecule has 4 heteroatoms. The number of carbonyl (C=O) groups is 2. The molecule has 15 heavy (non-hydrogen) atoms. The van der Waals surface area contributed by atoms with Crippen molar-refractivity contribution < 1.29 is 18.7 Å². The molecule has 0 aliphatic carbocycles. The lowest BCUT2D eigenvalue weighted by molar-refractivity contribution is -0.147. The van der Waals surface area contributed by atoms with Gasteiger partial charge in [-0.25, -0.2) is 9.18 Å². The lowest BCUT2D eigenvalue weighted by Crippen LogP contribution is -2.27. The van der Waals surface area contributed by atoms with Gasteiger partial charge in [-0.3, -0.25) is 4.79 Å². The predicted molar refractivity (Wildman–Crippen MR) is 52.3 cm³/mol. The van der Waals surface area contributed by atoms with Crippen molar-refractivity contribution in [1.82, 2.24) is 0 Å². The molecule has 0 radical (unpaired) electrons. The minimum Gasteiger partial charge on any atom is -0.463 e. The quantitative estimate of drug-likeness (QED) is 0.432. The fraction of sp³-hybridized carbons (Fsp3) is 0.273. The Kier molecular flexibility index (Phi) is 3.97. The van der Waals surface area contributed by atoms with Crippen molar-refractivity contribution in [2.24, 2.45) is 0 Å². The van der Waals surface area contributed by atoms with Crippen molar-refractivity contribution in [3.05, 3.63) is 35.9 Å². The number of halogens is 1. The van der Waals surface area contributed by atoms with Gasteiger partial charge in [-0.15, -0.1) is 0 Å². The maximum atomic E-state index is 13.2. The maximum Gasteiger partial charge on any atom is 0.348 e. The van der Waals surface area contributed by atoms with Crippen LogP contribution in [0.15, 0.2) is 30.3 Å². The topological polar surface area (TPSA) is 43.4 Å². The normalized spacial score (nSPS) is 11.9. The van der Waals surface area contributed by atoms with E-state index in [-0.39, 0.29) is 12.2 Å². The Hall–Kier alpha value is -1.71. The minimum absolute atomic E-state index is 0.0569. The zero-order valence-electron chi connectivity index (χ0n) is 8.27. The minimum atomic E-state index is -2.23. The Morgan fingerprint density at radius 3 is 2.47 bits per heavy atom. The SMILES string of the molecule is CCOC(=O)[C@@H](F)C(=O)c1ccccc1. The van der Waals surface area contributed by atoms with Crippen molar-refractivity contribution in [2.45, 2.75) is 13.1 Å². The number of hydrogen-bond acceptors (Lipinski definition) is 3. The molecule has 0 unspecified atom stereocenters. The standard InChI is InChI=1S/C11H11FO3/c1-2-15-11(14)9(12)10(13)8-6-4-3-5-7-8/h3-7,9H,2H2,1H3/t9-/m0/s1. The molecule has 0 N–H and O–H groups in total. The molecule has 80 valence electrons. The smallest absolute Gasteiger partial charge is 0.348 e. The summed E-state index contributed by atoms with van der Waals surface area (Å²) >= 11 is 0. The average molecular weight is 210 g/mol. The highest BCUT2D eigenvalue weighted by atomic mass is 19.1. The third-order valence-corrected chi connectivity index (χ3v) is 1.78. The Bertz CT molecular complexity index is 348. The highest BCUT2D eigenvalue weighted by Gasteiger charge is 2.28. The number of ketones is 1. The van der Waals surface area contributed by atoms with Gasteiger partial charge >= 0.3 is 5.97 Å². The van der Waals surface area contributed by atoms with Crippen LogP contribution in [-0.2, 0) is 9.53 Å². The van der Waals surface area contributed by atoms with Crippen molar-refractivity contribution >= 4 is 11.8 Å². The van der Waals surface area contributed by atoms with Gasteiger partial charge in [0.25, 0.3) is 6.17 Å². The molecule has 0 saturated heterocycles. The molecule has 1 atom stereocenters. The van der Waals surface area contributed by atoms with E-state index in [2.05, 4.69) is 4.74 Å². The predicted octanol–water partition coefficient (Wildman–Crippen LogP) is 1.77. The number of ether oxygens (including phenoxy) is 1. The molecular formula is C11H11FO3. The molecule has 3 nitrogen and oxygen atoms in total. The van der Waals surface area contributed by atoms with Crippen molar-refractivity contribution in [2.75, 3.05) is 6.61 Å². The summed E-state index contributed by atoms with van der Waals surface area (Å²) in [5, 5.41) is 0. The number of Topliss-reactive ketones (excluding diaryl/α,β-unsaturated/α-hetero) is 1. The first-order chi connectivity index (χ1) is 7.16. The van der Waals surface area contributed by atoms with Crippen LogP contribution in [0, 0.1) is 0 Å². The largest absolute Gasteiger partial charge is 0.463 e. The van der Waals surface area contributed by atoms with Crippen LogP contribution in [0.25, 0.3) is 0 Å². The van der Waals surface area contributed by atoms with Gasteiger partial charge in [-0.2, -0.15) is 0 Å². The van der Waals surface area contributed by atoms with Crippen LogP contribution in [0.3, 0.4) is 0 Å². The molecule has 1 aromatic rings. The summed E-state index contributed by atoms with van der Waals surface area (Å²) in [7, 11) is 0. The molecule has 1 aromatic carbocycles. The second-order valence-electron chi connectivity index (χ2n) is 2.84. The van der Waals surface area contributed by atoms with Crippen molar-refractivity contribution in [3.63, 3.8) is 0 Å². The Morgan fingerprint density at radius 2 is 1.93 bits per heavy atom. The number of hydrogen-bond donors (Lipinski definition) is 0. The van der Waals surface area contributed by atoms with E-state index in [4.69, 9.17) is 0 Å². The van der Waals surface area contributed by atoms with Gasteiger partial charge in [0.1, 0.15) is 0 Å². The molecule has 0 aliphatic heterocycles. The lowest BCUT2D eigenvalue weighted by atomic mass is 10.1. The van der Waals surface area contributed by atoms with Crippen LogP contribution in [0.1, 0.15) is 17.3 Å². The van der Waals surface area contributed by atoms with E-state index >= 15 is 0 Å². The molecule has 0 fully saturated rings. The second-order valence-corrected chi connectivity index (χ2v) is 2.84. The van der Waals surface area contributed by atoms with Gasteiger partial charge in [-0.05, 0) is 6.92 Å². The van der Waals surface area contributed by atoms with Gasteiger partial charge in [-0.1, -0.05) is 30.3 Å². The van der Waals surface area contributed by atoms with Crippen LogP contribution in [0.5, 0.6) is 0 Å². The summed E-state index contributed by atoms with van der Waals surface area (Å²) in [6.45, 7) is 1.61. The van der Waals surface area contributed by atoms with E-state index in [0.717, 1.165) is 0 Å². The van der Waals surface area contributed by atoms with E-state index in [1.807, 2.05) is 0 Å². The van der Waals surface area contributed by atoms with Gasteiger partial charge in [0, 0.05) is 5.56 Å². The highest BCUT2D eigenvalue weighted by molar-refractivity contribution is 6.10. The molecule has 1 rings (SSSR count). The number of benzene rings is 1. The van der Waals surface area contributed by atoms with Crippen LogP contribution in [-0.4, -0.2) is 24.5 Å². The number of carbonyl (C=O) groups excluding carboxylic acids is 2. The monoisotopic (exact) mass is 210 g/mol. The van der Waals surface area contributed by atoms with E-state index < -0.39 is 17.9 Å². The summed E-state index contributed by atoms with van der Waals surface area (Å²) in [5.74, 6) is -2.00. The van der Waals surface area contributed by atoms with Gasteiger partial charge in [0.2, 0.25) is 5.78 Å². The van der Waals surface area contributed by atoms with Crippen LogP contribution in [0.4, 0.5) is 4.39 Å². The Morgan fingerprint density at radius 1 is 1.33 bits per heavy atom. The van der Waals surface area contributed by atoms with E-state index in [0.29, 0.717) is 0 Å². The van der Waals surface area contributed by atoms with Crippen LogP contribution < -0.4 is 0 Å². The molecule has 0 spiro atoms. The van der Waals surface area contributed by atoms with E-state index in [1.54, 1.807) is 25.1 Å². The second kappa shape index (κ2) is 5.24. The first-order valence-corrected chi connectivity index (χ1v) is 4.56. The van der Waals surface area contributed by atoms with E-state index in [9.17, 15) is 14.0 Å². The van der Waals surface area contributed by atoms with Gasteiger partial charge < -0.3 is 4.74 Å². The summed E-state index contributed by atoms with van der Waals surface area (Å²) < 4.78 is 17.7. The molecular weight excluding hydrogens is 199 g/mol. The zero-order valence-corrected chi connectivity index (χ0v) is 8.27. The molecule has 0 aliphatic rings.